The molecule has 0 aliphatic rings. The highest BCUT2D eigenvalue weighted by molar-refractivity contribution is 6.34. The zero-order valence-corrected chi connectivity index (χ0v) is 12.7. The van der Waals surface area contributed by atoms with E-state index in [0.29, 0.717) is 22.4 Å². The highest BCUT2D eigenvalue weighted by atomic mass is 35.5. The minimum atomic E-state index is 0.0564. The smallest absolute Gasteiger partial charge is 0.139 e. The summed E-state index contributed by atoms with van der Waals surface area (Å²) in [6, 6.07) is 5.26. The van der Waals surface area contributed by atoms with Crippen molar-refractivity contribution in [1.29, 1.82) is 0 Å². The van der Waals surface area contributed by atoms with Gasteiger partial charge in [-0.2, -0.15) is 0 Å². The van der Waals surface area contributed by atoms with Gasteiger partial charge in [0.25, 0.3) is 0 Å². The van der Waals surface area contributed by atoms with Crippen LogP contribution in [0.1, 0.15) is 27.2 Å². The average Bonchev–Trinajstić information content (AvgIpc) is 2.31. The fraction of sp³-hybridized carbons (Fsp3) is 0.571. The maximum Gasteiger partial charge on any atom is 0.139 e. The zero-order valence-electron chi connectivity index (χ0n) is 11.2. The van der Waals surface area contributed by atoms with E-state index in [1.807, 2.05) is 0 Å². The summed E-state index contributed by atoms with van der Waals surface area (Å²) in [6.45, 7) is 9.02. The van der Waals surface area contributed by atoms with Crippen LogP contribution in [0.25, 0.3) is 0 Å². The monoisotopic (exact) mass is 289 g/mol. The molecule has 102 valence electrons. The molecule has 0 radical (unpaired) electrons. The summed E-state index contributed by atoms with van der Waals surface area (Å²) in [7, 11) is 0. The fourth-order valence-corrected chi connectivity index (χ4v) is 1.85. The Morgan fingerprint density at radius 2 is 2.00 bits per heavy atom. The third kappa shape index (κ3) is 5.47. The van der Waals surface area contributed by atoms with E-state index >= 15 is 0 Å². The van der Waals surface area contributed by atoms with Gasteiger partial charge in [-0.05, 0) is 25.1 Å². The predicted octanol–water partition coefficient (Wildman–Crippen LogP) is 4.40. The van der Waals surface area contributed by atoms with Crippen molar-refractivity contribution in [2.75, 3.05) is 19.7 Å². The van der Waals surface area contributed by atoms with Crippen molar-refractivity contribution in [3.63, 3.8) is 0 Å². The Balaban J connectivity index is 2.50. The maximum absolute atomic E-state index is 6.05. The molecule has 1 aromatic carbocycles. The lowest BCUT2D eigenvalue weighted by atomic mass is 9.95. The molecule has 0 aliphatic heterocycles. The second kappa shape index (κ2) is 7.22. The van der Waals surface area contributed by atoms with Crippen LogP contribution >= 0.6 is 23.2 Å². The third-order valence-electron chi connectivity index (χ3n) is 2.54. The van der Waals surface area contributed by atoms with Crippen LogP contribution in [-0.4, -0.2) is 19.7 Å². The number of benzene rings is 1. The van der Waals surface area contributed by atoms with Crippen LogP contribution in [0.15, 0.2) is 18.2 Å². The van der Waals surface area contributed by atoms with E-state index in [0.717, 1.165) is 19.5 Å². The molecule has 0 unspecified atom stereocenters. The van der Waals surface area contributed by atoms with Crippen LogP contribution < -0.4 is 10.1 Å². The number of ether oxygens (including phenoxy) is 1. The van der Waals surface area contributed by atoms with Gasteiger partial charge in [-0.15, -0.1) is 0 Å². The molecule has 0 fully saturated rings. The Hall–Kier alpha value is -0.440. The summed E-state index contributed by atoms with van der Waals surface area (Å²) in [5.41, 5.74) is 0.0564. The van der Waals surface area contributed by atoms with Gasteiger partial charge in [0.05, 0.1) is 11.6 Å². The predicted molar refractivity (Wildman–Crippen MR) is 78.9 cm³/mol. The number of halogens is 2. The average molecular weight is 290 g/mol. The molecule has 1 aromatic rings. The molecule has 4 heteroatoms. The molecule has 1 N–H and O–H groups in total. The molecule has 2 nitrogen and oxygen atoms in total. The van der Waals surface area contributed by atoms with Crippen molar-refractivity contribution in [1.82, 2.24) is 5.32 Å². The van der Waals surface area contributed by atoms with Crippen LogP contribution in [0.3, 0.4) is 0 Å². The Morgan fingerprint density at radius 1 is 1.28 bits per heavy atom. The first-order valence-corrected chi connectivity index (χ1v) is 6.99. The third-order valence-corrected chi connectivity index (χ3v) is 3.09. The van der Waals surface area contributed by atoms with Crippen molar-refractivity contribution < 1.29 is 4.74 Å². The highest BCUT2D eigenvalue weighted by Crippen LogP contribution is 2.29. The standard InChI is InChI=1S/C14H21Cl2NO/c1-4-7-17-9-14(2,3)10-18-13-8-11(15)5-6-12(13)16/h5-6,8,17H,4,7,9-10H2,1-3H3. The van der Waals surface area contributed by atoms with Crippen molar-refractivity contribution in [3.05, 3.63) is 28.2 Å². The molecule has 0 saturated carbocycles. The van der Waals surface area contributed by atoms with Crippen LogP contribution in [-0.2, 0) is 0 Å². The van der Waals surface area contributed by atoms with E-state index in [2.05, 4.69) is 26.1 Å². The van der Waals surface area contributed by atoms with Gasteiger partial charge >= 0.3 is 0 Å². The lowest BCUT2D eigenvalue weighted by Gasteiger charge is -2.25. The molecule has 1 rings (SSSR count). The normalized spacial score (nSPS) is 11.6. The first kappa shape index (κ1) is 15.6. The van der Waals surface area contributed by atoms with E-state index in [1.54, 1.807) is 18.2 Å². The second-order valence-corrected chi connectivity index (χ2v) is 6.05. The van der Waals surface area contributed by atoms with Crippen LogP contribution in [0.4, 0.5) is 0 Å². The molecule has 0 heterocycles. The topological polar surface area (TPSA) is 21.3 Å². The maximum atomic E-state index is 6.05. The Bertz CT molecular complexity index is 380. The Labute approximate surface area is 120 Å². The van der Waals surface area contributed by atoms with E-state index in [9.17, 15) is 0 Å². The van der Waals surface area contributed by atoms with E-state index < -0.39 is 0 Å². The number of hydrogen-bond acceptors (Lipinski definition) is 2. The van der Waals surface area contributed by atoms with Gasteiger partial charge in [0.15, 0.2) is 0 Å². The van der Waals surface area contributed by atoms with Crippen molar-refractivity contribution >= 4 is 23.2 Å². The molecule has 0 aromatic heterocycles. The first-order valence-electron chi connectivity index (χ1n) is 6.23. The molecule has 0 bridgehead atoms. The summed E-state index contributed by atoms with van der Waals surface area (Å²) in [6.07, 6.45) is 1.14. The lowest BCUT2D eigenvalue weighted by Crippen LogP contribution is -2.34. The number of hydrogen-bond donors (Lipinski definition) is 1. The van der Waals surface area contributed by atoms with Gasteiger partial charge in [-0.3, -0.25) is 0 Å². The number of nitrogens with one attached hydrogen (secondary N) is 1. The summed E-state index contributed by atoms with van der Waals surface area (Å²) >= 11 is 12.0. The van der Waals surface area contributed by atoms with Crippen LogP contribution in [0.2, 0.25) is 10.0 Å². The Kier molecular flexibility index (Phi) is 6.27. The molecule has 0 spiro atoms. The van der Waals surface area contributed by atoms with E-state index in [1.165, 1.54) is 0 Å². The molecule has 0 atom stereocenters. The lowest BCUT2D eigenvalue weighted by molar-refractivity contribution is 0.176. The van der Waals surface area contributed by atoms with E-state index in [-0.39, 0.29) is 5.41 Å². The molecule has 0 amide bonds. The largest absolute Gasteiger partial charge is 0.491 e. The van der Waals surface area contributed by atoms with Crippen molar-refractivity contribution in [2.45, 2.75) is 27.2 Å². The van der Waals surface area contributed by atoms with Crippen molar-refractivity contribution in [2.24, 2.45) is 5.41 Å². The zero-order chi connectivity index (χ0) is 13.6. The summed E-state index contributed by atoms with van der Waals surface area (Å²) in [5, 5.41) is 4.63. The molecular formula is C14H21Cl2NO. The molecule has 0 aliphatic carbocycles. The SMILES string of the molecule is CCCNCC(C)(C)COc1cc(Cl)ccc1Cl. The van der Waals surface area contributed by atoms with Crippen molar-refractivity contribution in [3.8, 4) is 5.75 Å². The second-order valence-electron chi connectivity index (χ2n) is 5.20. The minimum Gasteiger partial charge on any atom is -0.491 e. The molecule has 0 saturated heterocycles. The summed E-state index contributed by atoms with van der Waals surface area (Å²) < 4.78 is 5.76. The Morgan fingerprint density at radius 3 is 2.67 bits per heavy atom. The quantitative estimate of drug-likeness (QED) is 0.752. The van der Waals surface area contributed by atoms with Gasteiger partial charge in [0.2, 0.25) is 0 Å². The summed E-state index contributed by atoms with van der Waals surface area (Å²) in [4.78, 5) is 0. The van der Waals surface area contributed by atoms with Gasteiger partial charge in [-0.25, -0.2) is 0 Å². The molecular weight excluding hydrogens is 269 g/mol. The summed E-state index contributed by atoms with van der Waals surface area (Å²) in [5.74, 6) is 0.646. The van der Waals surface area contributed by atoms with Gasteiger partial charge < -0.3 is 10.1 Å². The fourth-order valence-electron chi connectivity index (χ4n) is 1.52. The van der Waals surface area contributed by atoms with Gasteiger partial charge in [0, 0.05) is 23.0 Å². The first-order chi connectivity index (χ1) is 8.44. The number of rotatable bonds is 7. The minimum absolute atomic E-state index is 0.0564. The van der Waals surface area contributed by atoms with Crippen LogP contribution in [0.5, 0.6) is 5.75 Å². The van der Waals surface area contributed by atoms with Gasteiger partial charge in [-0.1, -0.05) is 44.0 Å². The molecule has 18 heavy (non-hydrogen) atoms. The van der Waals surface area contributed by atoms with E-state index in [4.69, 9.17) is 27.9 Å². The van der Waals surface area contributed by atoms with Gasteiger partial charge in [0.1, 0.15) is 5.75 Å². The highest BCUT2D eigenvalue weighted by Gasteiger charge is 2.19. The van der Waals surface area contributed by atoms with Crippen LogP contribution in [0, 0.1) is 5.41 Å².